The van der Waals surface area contributed by atoms with Crippen LogP contribution in [0.1, 0.15) is 11.1 Å². The van der Waals surface area contributed by atoms with Crippen molar-refractivity contribution in [2.45, 2.75) is 5.41 Å². The fourth-order valence-electron chi connectivity index (χ4n) is 3.91. The normalized spacial score (nSPS) is 21.4. The largest absolute Gasteiger partial charge is 0.491 e. The lowest BCUT2D eigenvalue weighted by Gasteiger charge is -2.21. The lowest BCUT2D eigenvalue weighted by Crippen LogP contribution is -2.41. The van der Waals surface area contributed by atoms with E-state index in [2.05, 4.69) is 0 Å². The second kappa shape index (κ2) is 4.08. The Labute approximate surface area is 136 Å². The summed E-state index contributed by atoms with van der Waals surface area (Å²) in [6, 6.07) is 11.3. The number of nitrogens with zero attached hydrogens (tertiary/aromatic N) is 2. The van der Waals surface area contributed by atoms with E-state index >= 15 is 0 Å². The highest BCUT2D eigenvalue weighted by atomic mass is 16.5. The van der Waals surface area contributed by atoms with E-state index < -0.39 is 11.2 Å². The summed E-state index contributed by atoms with van der Waals surface area (Å²) in [5.41, 5.74) is 2.87. The number of fused-ring (bicyclic) bond motifs is 5. The van der Waals surface area contributed by atoms with Crippen LogP contribution in [-0.4, -0.2) is 24.1 Å². The van der Waals surface area contributed by atoms with Gasteiger partial charge in [0.2, 0.25) is 5.91 Å². The summed E-state index contributed by atoms with van der Waals surface area (Å²) in [7, 11) is 3.43. The van der Waals surface area contributed by atoms with E-state index in [-0.39, 0.29) is 12.5 Å². The molecule has 1 aromatic heterocycles. The molecule has 0 radical (unpaired) electrons. The maximum Gasteiger partial charge on any atom is 0.419 e. The molecule has 3 aromatic rings. The molecule has 2 aliphatic heterocycles. The van der Waals surface area contributed by atoms with Gasteiger partial charge in [-0.2, -0.15) is 0 Å². The van der Waals surface area contributed by atoms with Crippen LogP contribution in [0.25, 0.3) is 11.1 Å². The zero-order chi connectivity index (χ0) is 16.6. The second-order valence-corrected chi connectivity index (χ2v) is 6.32. The Morgan fingerprint density at radius 3 is 2.71 bits per heavy atom. The van der Waals surface area contributed by atoms with Gasteiger partial charge in [-0.25, -0.2) is 4.79 Å². The van der Waals surface area contributed by atoms with Crippen molar-refractivity contribution < 1.29 is 13.9 Å². The molecule has 6 nitrogen and oxygen atoms in total. The molecule has 2 aromatic carbocycles. The number of para-hydroxylation sites is 1. The number of aromatic nitrogens is 1. The van der Waals surface area contributed by atoms with Gasteiger partial charge < -0.3 is 14.1 Å². The van der Waals surface area contributed by atoms with Crippen molar-refractivity contribution in [3.8, 4) is 5.75 Å². The van der Waals surface area contributed by atoms with Crippen LogP contribution in [0.3, 0.4) is 0 Å². The van der Waals surface area contributed by atoms with Crippen LogP contribution in [0.2, 0.25) is 0 Å². The minimum atomic E-state index is -0.859. The van der Waals surface area contributed by atoms with Crippen molar-refractivity contribution in [3.05, 3.63) is 58.1 Å². The van der Waals surface area contributed by atoms with Crippen LogP contribution in [0.5, 0.6) is 5.75 Å². The molecule has 1 unspecified atom stereocenters. The number of carbonyl (C=O) groups is 1. The third kappa shape index (κ3) is 1.33. The molecular weight excluding hydrogens is 308 g/mol. The minimum absolute atomic E-state index is 0.0182. The molecule has 24 heavy (non-hydrogen) atoms. The van der Waals surface area contributed by atoms with Gasteiger partial charge in [0, 0.05) is 31.4 Å². The summed E-state index contributed by atoms with van der Waals surface area (Å²) < 4.78 is 12.5. The average molecular weight is 322 g/mol. The Hall–Kier alpha value is -3.02. The highest BCUT2D eigenvalue weighted by molar-refractivity contribution is 6.11. The molecule has 0 saturated heterocycles. The summed E-state index contributed by atoms with van der Waals surface area (Å²) in [6.07, 6.45) is 0. The molecule has 1 amide bonds. The van der Waals surface area contributed by atoms with E-state index in [0.717, 1.165) is 16.8 Å². The Morgan fingerprint density at radius 1 is 1.08 bits per heavy atom. The van der Waals surface area contributed by atoms with Crippen LogP contribution < -0.4 is 15.4 Å². The first-order valence-electron chi connectivity index (χ1n) is 7.68. The Balaban J connectivity index is 1.87. The zero-order valence-electron chi connectivity index (χ0n) is 13.2. The van der Waals surface area contributed by atoms with Gasteiger partial charge in [-0.15, -0.1) is 0 Å². The first-order valence-corrected chi connectivity index (χ1v) is 7.68. The lowest BCUT2D eigenvalue weighted by molar-refractivity contribution is -0.121. The van der Waals surface area contributed by atoms with Crippen LogP contribution in [0.4, 0.5) is 5.69 Å². The van der Waals surface area contributed by atoms with E-state index in [1.54, 1.807) is 25.1 Å². The number of hydrogen-bond acceptors (Lipinski definition) is 4. The highest BCUT2D eigenvalue weighted by Gasteiger charge is 2.56. The van der Waals surface area contributed by atoms with Crippen molar-refractivity contribution >= 4 is 22.7 Å². The maximum absolute atomic E-state index is 13.1. The van der Waals surface area contributed by atoms with Crippen molar-refractivity contribution in [3.63, 3.8) is 0 Å². The standard InChI is InChI=1S/C18H14N2O4/c1-19-12-6-4-3-5-10(12)18(16(19)21)9-23-14-8-15-13(7-11(14)18)20(2)17(22)24-15/h3-8H,9H2,1-2H3. The fourth-order valence-corrected chi connectivity index (χ4v) is 3.91. The van der Waals surface area contributed by atoms with Crippen LogP contribution in [0.15, 0.2) is 45.6 Å². The molecule has 3 heterocycles. The summed E-state index contributed by atoms with van der Waals surface area (Å²) in [4.78, 5) is 26.6. The van der Waals surface area contributed by atoms with Crippen LogP contribution >= 0.6 is 0 Å². The first-order chi connectivity index (χ1) is 11.5. The molecule has 0 fully saturated rings. The first kappa shape index (κ1) is 13.4. The number of benzene rings is 2. The monoisotopic (exact) mass is 322 g/mol. The molecular formula is C18H14N2O4. The van der Waals surface area contributed by atoms with Crippen molar-refractivity contribution in [2.75, 3.05) is 18.6 Å². The number of oxazole rings is 1. The van der Waals surface area contributed by atoms with Crippen LogP contribution in [-0.2, 0) is 17.3 Å². The molecule has 2 aliphatic rings. The molecule has 5 rings (SSSR count). The van der Waals surface area contributed by atoms with Gasteiger partial charge in [0.15, 0.2) is 5.58 Å². The van der Waals surface area contributed by atoms with Gasteiger partial charge in [-0.1, -0.05) is 18.2 Å². The lowest BCUT2D eigenvalue weighted by atomic mass is 9.77. The molecule has 1 spiro atoms. The Kier molecular flexibility index (Phi) is 2.28. The number of hydrogen-bond donors (Lipinski definition) is 0. The van der Waals surface area contributed by atoms with Gasteiger partial charge in [0.25, 0.3) is 0 Å². The van der Waals surface area contributed by atoms with E-state index in [9.17, 15) is 9.59 Å². The third-order valence-electron chi connectivity index (χ3n) is 5.19. The van der Waals surface area contributed by atoms with E-state index in [4.69, 9.17) is 9.15 Å². The number of carbonyl (C=O) groups excluding carboxylic acids is 1. The predicted octanol–water partition coefficient (Wildman–Crippen LogP) is 1.79. The Bertz CT molecular complexity index is 1090. The molecule has 0 N–H and O–H groups in total. The van der Waals surface area contributed by atoms with Crippen LogP contribution in [0, 0.1) is 0 Å². The van der Waals surface area contributed by atoms with Gasteiger partial charge in [-0.3, -0.25) is 9.36 Å². The van der Waals surface area contributed by atoms with Crippen molar-refractivity contribution in [1.29, 1.82) is 0 Å². The molecule has 6 heteroatoms. The van der Waals surface area contributed by atoms with Crippen molar-refractivity contribution in [1.82, 2.24) is 4.57 Å². The predicted molar refractivity (Wildman–Crippen MR) is 87.6 cm³/mol. The topological polar surface area (TPSA) is 64.7 Å². The summed E-state index contributed by atoms with van der Waals surface area (Å²) in [5, 5.41) is 0. The van der Waals surface area contributed by atoms with Gasteiger partial charge in [0.05, 0.1) is 5.52 Å². The summed E-state index contributed by atoms with van der Waals surface area (Å²) in [5.74, 6) is 0.142. The number of ether oxygens (including phenoxy) is 1. The number of rotatable bonds is 0. The third-order valence-corrected chi connectivity index (χ3v) is 5.19. The summed E-state index contributed by atoms with van der Waals surface area (Å²) >= 11 is 0. The van der Waals surface area contributed by atoms with Gasteiger partial charge in [0.1, 0.15) is 17.8 Å². The SMILES string of the molecule is CN1C(=O)C2(COc3cc4oc(=O)n(C)c4cc32)c2ccccc21. The molecule has 120 valence electrons. The number of likely N-dealkylation sites (N-methyl/N-ethyl adjacent to an activating group) is 1. The molecule has 0 aliphatic carbocycles. The van der Waals surface area contributed by atoms with E-state index in [1.807, 2.05) is 30.3 Å². The maximum atomic E-state index is 13.1. The highest BCUT2D eigenvalue weighted by Crippen LogP contribution is 2.52. The number of anilines is 1. The van der Waals surface area contributed by atoms with E-state index in [1.165, 1.54) is 4.57 Å². The van der Waals surface area contributed by atoms with E-state index in [0.29, 0.717) is 16.8 Å². The molecule has 1 atom stereocenters. The molecule has 0 bridgehead atoms. The quantitative estimate of drug-likeness (QED) is 0.633. The number of amides is 1. The fraction of sp³-hybridized carbons (Fsp3) is 0.222. The smallest absolute Gasteiger partial charge is 0.419 e. The summed E-state index contributed by atoms with van der Waals surface area (Å²) in [6.45, 7) is 0.253. The van der Waals surface area contributed by atoms with Crippen molar-refractivity contribution in [2.24, 2.45) is 7.05 Å². The minimum Gasteiger partial charge on any atom is -0.491 e. The zero-order valence-corrected chi connectivity index (χ0v) is 13.2. The molecule has 0 saturated carbocycles. The Morgan fingerprint density at radius 2 is 1.88 bits per heavy atom. The van der Waals surface area contributed by atoms with Gasteiger partial charge in [-0.05, 0) is 17.7 Å². The second-order valence-electron chi connectivity index (χ2n) is 6.32. The number of aryl methyl sites for hydroxylation is 1. The van der Waals surface area contributed by atoms with Gasteiger partial charge >= 0.3 is 5.76 Å². The average Bonchev–Trinajstić information content (AvgIpc) is 3.17.